The van der Waals surface area contributed by atoms with Gasteiger partial charge in [0.2, 0.25) is 10.0 Å². The fourth-order valence-corrected chi connectivity index (χ4v) is 3.84. The molecule has 9 nitrogen and oxygen atoms in total. The van der Waals surface area contributed by atoms with Crippen LogP contribution in [0.3, 0.4) is 0 Å². The van der Waals surface area contributed by atoms with Gasteiger partial charge in [-0.3, -0.25) is 10.0 Å². The van der Waals surface area contributed by atoms with Crippen molar-refractivity contribution < 1.29 is 27.5 Å². The Balaban J connectivity index is 2.71. The van der Waals surface area contributed by atoms with Gasteiger partial charge < -0.3 is 15.2 Å². The third-order valence-corrected chi connectivity index (χ3v) is 4.86. The van der Waals surface area contributed by atoms with Gasteiger partial charge in [0.1, 0.15) is 11.2 Å². The van der Waals surface area contributed by atoms with Crippen molar-refractivity contribution in [2.24, 2.45) is 5.73 Å². The van der Waals surface area contributed by atoms with Crippen LogP contribution in [-0.4, -0.2) is 38.1 Å². The van der Waals surface area contributed by atoms with Crippen LogP contribution in [0.15, 0.2) is 42.5 Å². The number of sulfonamides is 1. The first kappa shape index (κ1) is 26.0. The van der Waals surface area contributed by atoms with Crippen molar-refractivity contribution in [3.63, 3.8) is 0 Å². The van der Waals surface area contributed by atoms with E-state index in [0.717, 1.165) is 11.8 Å². The maximum Gasteiger partial charge on any atom is 0.412 e. The Morgan fingerprint density at radius 3 is 2.06 bits per heavy atom. The molecule has 0 fully saturated rings. The fourth-order valence-electron chi connectivity index (χ4n) is 3.26. The predicted molar refractivity (Wildman–Crippen MR) is 129 cm³/mol. The second-order valence-electron chi connectivity index (χ2n) is 9.25. The molecule has 10 heteroatoms. The van der Waals surface area contributed by atoms with Crippen LogP contribution in [0.1, 0.15) is 40.2 Å². The summed E-state index contributed by atoms with van der Waals surface area (Å²) in [4.78, 5) is 24.0. The van der Waals surface area contributed by atoms with E-state index >= 15 is 0 Å². The minimum Gasteiger partial charge on any atom is -0.444 e. The molecule has 0 unspecified atom stereocenters. The lowest BCUT2D eigenvalue weighted by atomic mass is 9.93. The van der Waals surface area contributed by atoms with Crippen LogP contribution in [0.2, 0.25) is 0 Å². The maximum atomic E-state index is 12.7. The van der Waals surface area contributed by atoms with E-state index in [0.29, 0.717) is 11.1 Å². The molecule has 0 radical (unpaired) electrons. The SMILES string of the molecule is CC(C)(C)OC(=O)Nc1c(CC(C)(C)OC(N)=O)ccc(-c2ccccc2)c1NS(C)(=O)=O. The molecule has 4 N–H and O–H groups in total. The quantitative estimate of drug-likeness (QED) is 0.537. The Labute approximate surface area is 194 Å². The molecule has 0 saturated carbocycles. The van der Waals surface area contributed by atoms with E-state index in [9.17, 15) is 18.0 Å². The van der Waals surface area contributed by atoms with E-state index in [1.165, 1.54) is 0 Å². The number of hydrogen-bond acceptors (Lipinski definition) is 6. The average Bonchev–Trinajstić information content (AvgIpc) is 2.61. The van der Waals surface area contributed by atoms with Gasteiger partial charge in [-0.25, -0.2) is 18.0 Å². The maximum absolute atomic E-state index is 12.7. The summed E-state index contributed by atoms with van der Waals surface area (Å²) < 4.78 is 37.6. The molecule has 0 atom stereocenters. The first-order valence-corrected chi connectivity index (χ1v) is 12.1. The Morgan fingerprint density at radius 2 is 1.55 bits per heavy atom. The zero-order valence-electron chi connectivity index (χ0n) is 19.7. The van der Waals surface area contributed by atoms with E-state index < -0.39 is 33.4 Å². The van der Waals surface area contributed by atoms with E-state index in [1.54, 1.807) is 46.8 Å². The lowest BCUT2D eigenvalue weighted by Gasteiger charge is -2.28. The summed E-state index contributed by atoms with van der Waals surface area (Å²) in [6, 6.07) is 12.6. The Kier molecular flexibility index (Phi) is 7.64. The molecule has 2 aromatic rings. The second kappa shape index (κ2) is 9.70. The molecule has 0 bridgehead atoms. The number of amides is 2. The van der Waals surface area contributed by atoms with E-state index in [2.05, 4.69) is 10.0 Å². The molecule has 2 rings (SSSR count). The molecule has 0 spiro atoms. The topological polar surface area (TPSA) is 137 Å². The first-order valence-electron chi connectivity index (χ1n) is 10.2. The zero-order chi connectivity index (χ0) is 25.0. The van der Waals surface area contributed by atoms with Crippen molar-refractivity contribution in [1.29, 1.82) is 0 Å². The van der Waals surface area contributed by atoms with Gasteiger partial charge in [0.15, 0.2) is 0 Å². The third kappa shape index (κ3) is 8.30. The molecule has 33 heavy (non-hydrogen) atoms. The number of ether oxygens (including phenoxy) is 2. The van der Waals surface area contributed by atoms with Gasteiger partial charge in [-0.2, -0.15) is 0 Å². The van der Waals surface area contributed by atoms with Gasteiger partial charge in [0, 0.05) is 12.0 Å². The number of benzene rings is 2. The van der Waals surface area contributed by atoms with Crippen LogP contribution in [-0.2, 0) is 25.9 Å². The van der Waals surface area contributed by atoms with Crippen molar-refractivity contribution in [1.82, 2.24) is 0 Å². The number of primary amides is 1. The monoisotopic (exact) mass is 477 g/mol. The molecule has 0 aliphatic heterocycles. The average molecular weight is 478 g/mol. The number of nitrogens with two attached hydrogens (primary N) is 1. The van der Waals surface area contributed by atoms with Crippen LogP contribution in [0, 0.1) is 0 Å². The molecule has 0 saturated heterocycles. The summed E-state index contributed by atoms with van der Waals surface area (Å²) >= 11 is 0. The van der Waals surface area contributed by atoms with Gasteiger partial charge in [0.25, 0.3) is 0 Å². The molecular weight excluding hydrogens is 446 g/mol. The summed E-state index contributed by atoms with van der Waals surface area (Å²) in [5.74, 6) is 0. The number of carbonyl (C=O) groups excluding carboxylic acids is 2. The summed E-state index contributed by atoms with van der Waals surface area (Å²) in [6.07, 6.45) is -0.559. The normalized spacial score (nSPS) is 12.1. The second-order valence-corrected chi connectivity index (χ2v) is 11.0. The summed E-state index contributed by atoms with van der Waals surface area (Å²) in [5.41, 5.74) is 5.53. The van der Waals surface area contributed by atoms with Crippen molar-refractivity contribution in [2.75, 3.05) is 16.3 Å². The van der Waals surface area contributed by atoms with Crippen LogP contribution in [0.25, 0.3) is 11.1 Å². The van der Waals surface area contributed by atoms with E-state index in [1.807, 2.05) is 30.3 Å². The van der Waals surface area contributed by atoms with Crippen molar-refractivity contribution >= 4 is 33.6 Å². The highest BCUT2D eigenvalue weighted by Gasteiger charge is 2.28. The molecule has 0 aliphatic carbocycles. The number of rotatable bonds is 7. The molecule has 0 aliphatic rings. The summed E-state index contributed by atoms with van der Waals surface area (Å²) in [6.45, 7) is 8.46. The minimum absolute atomic E-state index is 0.134. The van der Waals surface area contributed by atoms with Crippen molar-refractivity contribution in [2.45, 2.75) is 52.2 Å². The lowest BCUT2D eigenvalue weighted by molar-refractivity contribution is 0.0458. The van der Waals surface area contributed by atoms with Crippen LogP contribution >= 0.6 is 0 Å². The Hall–Kier alpha value is -3.27. The van der Waals surface area contributed by atoms with Crippen LogP contribution < -0.4 is 15.8 Å². The van der Waals surface area contributed by atoms with E-state index in [-0.39, 0.29) is 17.8 Å². The van der Waals surface area contributed by atoms with Crippen molar-refractivity contribution in [3.05, 3.63) is 48.0 Å². The lowest BCUT2D eigenvalue weighted by Crippen LogP contribution is -2.34. The molecule has 2 amide bonds. The Morgan fingerprint density at radius 1 is 0.939 bits per heavy atom. The molecule has 0 aromatic heterocycles. The number of carbonyl (C=O) groups is 2. The number of nitrogens with one attached hydrogen (secondary N) is 2. The van der Waals surface area contributed by atoms with Crippen LogP contribution in [0.4, 0.5) is 21.0 Å². The molecule has 0 heterocycles. The van der Waals surface area contributed by atoms with Crippen LogP contribution in [0.5, 0.6) is 0 Å². The molecule has 2 aromatic carbocycles. The smallest absolute Gasteiger partial charge is 0.412 e. The summed E-state index contributed by atoms with van der Waals surface area (Å²) in [7, 11) is -3.73. The minimum atomic E-state index is -3.73. The molecular formula is C23H31N3O6S. The summed E-state index contributed by atoms with van der Waals surface area (Å²) in [5, 5.41) is 2.68. The van der Waals surface area contributed by atoms with Gasteiger partial charge in [-0.05, 0) is 45.7 Å². The van der Waals surface area contributed by atoms with Gasteiger partial charge in [-0.1, -0.05) is 42.5 Å². The zero-order valence-corrected chi connectivity index (χ0v) is 20.5. The van der Waals surface area contributed by atoms with Gasteiger partial charge >= 0.3 is 12.2 Å². The third-order valence-electron chi connectivity index (χ3n) is 4.28. The van der Waals surface area contributed by atoms with Crippen molar-refractivity contribution in [3.8, 4) is 11.1 Å². The highest BCUT2D eigenvalue weighted by atomic mass is 32.2. The standard InChI is InChI=1S/C23H31N3O6S/c1-22(2,3)32-21(28)25-18-16(14-23(4,5)31-20(24)27)12-13-17(15-10-8-7-9-11-15)19(18)26-33(6,29)30/h7-13,26H,14H2,1-6H3,(H2,24,27)(H,25,28). The van der Waals surface area contributed by atoms with Gasteiger partial charge in [0.05, 0.1) is 17.6 Å². The number of hydrogen-bond donors (Lipinski definition) is 3. The fraction of sp³-hybridized carbons (Fsp3) is 0.391. The predicted octanol–water partition coefficient (Wildman–Crippen LogP) is 4.49. The Bertz CT molecular complexity index is 1120. The largest absolute Gasteiger partial charge is 0.444 e. The highest BCUT2D eigenvalue weighted by Crippen LogP contribution is 2.39. The number of anilines is 2. The van der Waals surface area contributed by atoms with Gasteiger partial charge in [-0.15, -0.1) is 0 Å². The van der Waals surface area contributed by atoms with E-state index in [4.69, 9.17) is 15.2 Å². The highest BCUT2D eigenvalue weighted by molar-refractivity contribution is 7.92. The first-order chi connectivity index (χ1) is 15.1. The molecule has 180 valence electrons.